The molecule has 23 heavy (non-hydrogen) atoms. The lowest BCUT2D eigenvalue weighted by Gasteiger charge is -2.09. The van der Waals surface area contributed by atoms with E-state index in [0.717, 1.165) is 6.42 Å². The molecular formula is C23H18. The van der Waals surface area contributed by atoms with Crippen LogP contribution in [-0.2, 0) is 6.42 Å². The Morgan fingerprint density at radius 3 is 2.09 bits per heavy atom. The van der Waals surface area contributed by atoms with E-state index in [0.29, 0.717) is 0 Å². The van der Waals surface area contributed by atoms with Gasteiger partial charge in [0.15, 0.2) is 0 Å². The van der Waals surface area contributed by atoms with Crippen molar-refractivity contribution in [1.29, 1.82) is 0 Å². The first-order valence-electron chi connectivity index (χ1n) is 8.03. The normalized spacial score (nSPS) is 11.5. The van der Waals surface area contributed by atoms with Crippen LogP contribution in [0.3, 0.4) is 0 Å². The van der Waals surface area contributed by atoms with Crippen LogP contribution in [0.15, 0.2) is 91.0 Å². The third-order valence-electron chi connectivity index (χ3n) is 4.30. The number of allylic oxidation sites excluding steroid dienone is 1. The van der Waals surface area contributed by atoms with Crippen LogP contribution in [0.25, 0.3) is 27.6 Å². The fraction of sp³-hybridized carbons (Fsp3) is 0.0435. The summed E-state index contributed by atoms with van der Waals surface area (Å²) in [6, 6.07) is 30.1. The summed E-state index contributed by atoms with van der Waals surface area (Å²) in [6.07, 6.45) is 5.40. The third kappa shape index (κ3) is 2.76. The SMILES string of the molecule is C(=C\c1ccccc1)/Cc1cc2ccccc2c2ccccc12. The Hall–Kier alpha value is -2.86. The molecule has 4 rings (SSSR count). The molecule has 0 aliphatic rings. The average Bonchev–Trinajstić information content (AvgIpc) is 2.63. The number of rotatable bonds is 3. The smallest absolute Gasteiger partial charge is 0.00877 e. The monoisotopic (exact) mass is 294 g/mol. The predicted molar refractivity (Wildman–Crippen MR) is 101 cm³/mol. The van der Waals surface area contributed by atoms with Crippen molar-refractivity contribution in [1.82, 2.24) is 0 Å². The van der Waals surface area contributed by atoms with E-state index in [2.05, 4.69) is 91.0 Å². The summed E-state index contributed by atoms with van der Waals surface area (Å²) in [7, 11) is 0. The lowest BCUT2D eigenvalue weighted by molar-refractivity contribution is 1.32. The second-order valence-electron chi connectivity index (χ2n) is 5.82. The van der Waals surface area contributed by atoms with Gasteiger partial charge in [-0.25, -0.2) is 0 Å². The average molecular weight is 294 g/mol. The van der Waals surface area contributed by atoms with Gasteiger partial charge in [0.2, 0.25) is 0 Å². The maximum absolute atomic E-state index is 2.33. The van der Waals surface area contributed by atoms with Gasteiger partial charge < -0.3 is 0 Å². The second-order valence-corrected chi connectivity index (χ2v) is 5.82. The molecule has 0 nitrogen and oxygen atoms in total. The highest BCUT2D eigenvalue weighted by atomic mass is 14.1. The number of hydrogen-bond acceptors (Lipinski definition) is 0. The summed E-state index contributed by atoms with van der Waals surface area (Å²) in [6.45, 7) is 0. The van der Waals surface area contributed by atoms with E-state index in [1.165, 1.54) is 32.7 Å². The molecule has 0 aliphatic carbocycles. The first kappa shape index (κ1) is 13.8. The minimum absolute atomic E-state index is 0.945. The van der Waals surface area contributed by atoms with E-state index in [1.807, 2.05) is 6.07 Å². The van der Waals surface area contributed by atoms with Crippen LogP contribution >= 0.6 is 0 Å². The predicted octanol–water partition coefficient (Wildman–Crippen LogP) is 6.25. The fourth-order valence-electron chi connectivity index (χ4n) is 3.19. The van der Waals surface area contributed by atoms with Gasteiger partial charge in [-0.05, 0) is 39.1 Å². The minimum Gasteiger partial charge on any atom is -0.0795 e. The van der Waals surface area contributed by atoms with E-state index in [9.17, 15) is 0 Å². The zero-order valence-corrected chi connectivity index (χ0v) is 12.9. The summed E-state index contributed by atoms with van der Waals surface area (Å²) >= 11 is 0. The Kier molecular flexibility index (Phi) is 3.65. The second kappa shape index (κ2) is 6.10. The summed E-state index contributed by atoms with van der Waals surface area (Å²) in [5.41, 5.74) is 2.63. The Morgan fingerprint density at radius 2 is 1.26 bits per heavy atom. The van der Waals surface area contributed by atoms with E-state index in [-0.39, 0.29) is 0 Å². The Labute approximate surface area is 136 Å². The molecule has 0 fully saturated rings. The highest BCUT2D eigenvalue weighted by Gasteiger charge is 2.04. The molecule has 0 aliphatic heterocycles. The molecule has 0 N–H and O–H groups in total. The van der Waals surface area contributed by atoms with Crippen molar-refractivity contribution in [2.24, 2.45) is 0 Å². The first-order chi connectivity index (χ1) is 11.4. The van der Waals surface area contributed by atoms with E-state index < -0.39 is 0 Å². The molecule has 0 heteroatoms. The van der Waals surface area contributed by atoms with Gasteiger partial charge in [-0.1, -0.05) is 97.1 Å². The summed E-state index contributed by atoms with van der Waals surface area (Å²) in [5, 5.41) is 5.34. The van der Waals surface area contributed by atoms with Crippen LogP contribution in [0.5, 0.6) is 0 Å². The molecule has 0 bridgehead atoms. The summed E-state index contributed by atoms with van der Waals surface area (Å²) in [5.74, 6) is 0. The van der Waals surface area contributed by atoms with E-state index >= 15 is 0 Å². The standard InChI is InChI=1S/C23H18/c1-2-9-18(10-3-1)11-8-13-20-17-19-12-4-5-14-21(19)23-16-7-6-15-22(20)23/h1-12,14-17H,13H2/b11-8+. The van der Waals surface area contributed by atoms with Crippen molar-refractivity contribution in [2.75, 3.05) is 0 Å². The van der Waals surface area contributed by atoms with Crippen LogP contribution in [0.1, 0.15) is 11.1 Å². The van der Waals surface area contributed by atoms with Gasteiger partial charge in [0.1, 0.15) is 0 Å². The molecule has 110 valence electrons. The lowest BCUT2D eigenvalue weighted by atomic mass is 9.95. The molecule has 0 aromatic heterocycles. The van der Waals surface area contributed by atoms with E-state index in [1.54, 1.807) is 0 Å². The Bertz CT molecular complexity index is 978. The molecular weight excluding hydrogens is 276 g/mol. The molecule has 0 saturated carbocycles. The zero-order chi connectivity index (χ0) is 15.5. The van der Waals surface area contributed by atoms with Gasteiger partial charge >= 0.3 is 0 Å². The topological polar surface area (TPSA) is 0 Å². The lowest BCUT2D eigenvalue weighted by Crippen LogP contribution is -1.87. The molecule has 0 amide bonds. The van der Waals surface area contributed by atoms with Gasteiger partial charge in [-0.15, -0.1) is 0 Å². The van der Waals surface area contributed by atoms with Gasteiger partial charge in [0.05, 0.1) is 0 Å². The highest BCUT2D eigenvalue weighted by Crippen LogP contribution is 2.29. The number of hydrogen-bond donors (Lipinski definition) is 0. The summed E-state index contributed by atoms with van der Waals surface area (Å²) in [4.78, 5) is 0. The molecule has 0 heterocycles. The van der Waals surface area contributed by atoms with Crippen LogP contribution < -0.4 is 0 Å². The molecule has 4 aromatic rings. The zero-order valence-electron chi connectivity index (χ0n) is 12.9. The molecule has 4 aromatic carbocycles. The largest absolute Gasteiger partial charge is 0.0795 e. The molecule has 0 radical (unpaired) electrons. The quantitative estimate of drug-likeness (QED) is 0.392. The molecule has 0 unspecified atom stereocenters. The van der Waals surface area contributed by atoms with E-state index in [4.69, 9.17) is 0 Å². The summed E-state index contributed by atoms with van der Waals surface area (Å²) < 4.78 is 0. The highest BCUT2D eigenvalue weighted by molar-refractivity contribution is 6.09. The minimum atomic E-state index is 0.945. The van der Waals surface area contributed by atoms with Gasteiger partial charge in [0, 0.05) is 0 Å². The maximum Gasteiger partial charge on any atom is -0.00877 e. The van der Waals surface area contributed by atoms with Crippen LogP contribution in [0, 0.1) is 0 Å². The van der Waals surface area contributed by atoms with Gasteiger partial charge in [-0.3, -0.25) is 0 Å². The van der Waals surface area contributed by atoms with Crippen molar-refractivity contribution >= 4 is 27.6 Å². The first-order valence-corrected chi connectivity index (χ1v) is 8.03. The van der Waals surface area contributed by atoms with Crippen molar-refractivity contribution in [3.8, 4) is 0 Å². The fourth-order valence-corrected chi connectivity index (χ4v) is 3.19. The van der Waals surface area contributed by atoms with Gasteiger partial charge in [-0.2, -0.15) is 0 Å². The van der Waals surface area contributed by atoms with Gasteiger partial charge in [0.25, 0.3) is 0 Å². The van der Waals surface area contributed by atoms with Crippen LogP contribution in [0.4, 0.5) is 0 Å². The van der Waals surface area contributed by atoms with Crippen LogP contribution in [0.2, 0.25) is 0 Å². The molecule has 0 spiro atoms. The molecule has 0 saturated heterocycles. The maximum atomic E-state index is 2.33. The van der Waals surface area contributed by atoms with Crippen molar-refractivity contribution in [2.45, 2.75) is 6.42 Å². The number of fused-ring (bicyclic) bond motifs is 3. The Morgan fingerprint density at radius 1 is 0.609 bits per heavy atom. The Balaban J connectivity index is 1.78. The number of benzene rings is 4. The van der Waals surface area contributed by atoms with Crippen molar-refractivity contribution < 1.29 is 0 Å². The third-order valence-corrected chi connectivity index (χ3v) is 4.30. The molecule has 0 atom stereocenters. The van der Waals surface area contributed by atoms with Crippen molar-refractivity contribution in [3.05, 3.63) is 102 Å². The van der Waals surface area contributed by atoms with Crippen molar-refractivity contribution in [3.63, 3.8) is 0 Å². The van der Waals surface area contributed by atoms with Crippen LogP contribution in [-0.4, -0.2) is 0 Å².